The first-order valence-corrected chi connectivity index (χ1v) is 5.61. The number of aldehydes is 1. The van der Waals surface area contributed by atoms with Gasteiger partial charge in [0, 0.05) is 19.7 Å². The molecule has 0 unspecified atom stereocenters. The third-order valence-electron chi connectivity index (χ3n) is 3.17. The second-order valence-corrected chi connectivity index (χ2v) is 4.58. The number of nitrogens with zero attached hydrogens (tertiary/aromatic N) is 1. The number of hydrogen-bond donors (Lipinski definition) is 1. The fraction of sp³-hybridized carbons (Fsp3) is 0.583. The highest BCUT2D eigenvalue weighted by molar-refractivity contribution is 5.71. The Labute approximate surface area is 94.9 Å². The first-order valence-electron chi connectivity index (χ1n) is 5.61. The van der Waals surface area contributed by atoms with Crippen molar-refractivity contribution in [2.75, 3.05) is 18.5 Å². The van der Waals surface area contributed by atoms with E-state index in [0.717, 1.165) is 25.7 Å². The maximum atomic E-state index is 10.5. The monoisotopic (exact) mass is 223 g/mol. The number of carbonyl (C=O) groups excluding carboxylic acids is 1. The summed E-state index contributed by atoms with van der Waals surface area (Å²) in [5.41, 5.74) is -0.594. The van der Waals surface area contributed by atoms with Crippen LogP contribution in [-0.4, -0.2) is 30.6 Å². The normalized spacial score (nSPS) is 18.6. The SMILES string of the molecule is CN(CC1(O)CCCC1)c1ccc(C=O)o1. The first-order chi connectivity index (χ1) is 7.63. The van der Waals surface area contributed by atoms with Crippen molar-refractivity contribution < 1.29 is 14.3 Å². The zero-order chi connectivity index (χ0) is 11.6. The molecule has 1 N–H and O–H groups in total. The smallest absolute Gasteiger partial charge is 0.196 e. The average molecular weight is 223 g/mol. The van der Waals surface area contributed by atoms with E-state index in [9.17, 15) is 9.90 Å². The van der Waals surface area contributed by atoms with E-state index in [1.165, 1.54) is 0 Å². The van der Waals surface area contributed by atoms with Crippen molar-refractivity contribution in [3.63, 3.8) is 0 Å². The molecule has 1 saturated carbocycles. The van der Waals surface area contributed by atoms with Crippen molar-refractivity contribution in [3.8, 4) is 0 Å². The molecule has 0 aliphatic heterocycles. The van der Waals surface area contributed by atoms with E-state index in [1.54, 1.807) is 12.1 Å². The number of hydrogen-bond acceptors (Lipinski definition) is 4. The van der Waals surface area contributed by atoms with Gasteiger partial charge in [0.05, 0.1) is 5.60 Å². The lowest BCUT2D eigenvalue weighted by atomic mass is 10.0. The predicted molar refractivity (Wildman–Crippen MR) is 60.8 cm³/mol. The lowest BCUT2D eigenvalue weighted by Crippen LogP contribution is -2.39. The predicted octanol–water partition coefficient (Wildman–Crippen LogP) is 1.83. The highest BCUT2D eigenvalue weighted by Crippen LogP contribution is 2.31. The van der Waals surface area contributed by atoms with Gasteiger partial charge in [-0.05, 0) is 18.9 Å². The molecule has 0 radical (unpaired) electrons. The van der Waals surface area contributed by atoms with Crippen molar-refractivity contribution in [2.45, 2.75) is 31.3 Å². The number of rotatable bonds is 4. The minimum absolute atomic E-state index is 0.320. The van der Waals surface area contributed by atoms with Gasteiger partial charge < -0.3 is 14.4 Å². The Bertz CT molecular complexity index is 366. The van der Waals surface area contributed by atoms with Crippen LogP contribution in [0.3, 0.4) is 0 Å². The van der Waals surface area contributed by atoms with Crippen molar-refractivity contribution >= 4 is 12.2 Å². The molecule has 1 aromatic rings. The van der Waals surface area contributed by atoms with Crippen molar-refractivity contribution in [1.82, 2.24) is 0 Å². The molecule has 16 heavy (non-hydrogen) atoms. The van der Waals surface area contributed by atoms with Crippen LogP contribution in [0.4, 0.5) is 5.88 Å². The summed E-state index contributed by atoms with van der Waals surface area (Å²) >= 11 is 0. The van der Waals surface area contributed by atoms with E-state index >= 15 is 0 Å². The molecule has 2 rings (SSSR count). The van der Waals surface area contributed by atoms with Crippen molar-refractivity contribution in [1.29, 1.82) is 0 Å². The van der Waals surface area contributed by atoms with Gasteiger partial charge in [-0.3, -0.25) is 4.79 Å². The van der Waals surface area contributed by atoms with Crippen LogP contribution in [-0.2, 0) is 0 Å². The summed E-state index contributed by atoms with van der Waals surface area (Å²) in [4.78, 5) is 12.3. The summed E-state index contributed by atoms with van der Waals surface area (Å²) in [6.07, 6.45) is 4.54. The minimum Gasteiger partial charge on any atom is -0.438 e. The lowest BCUT2D eigenvalue weighted by molar-refractivity contribution is 0.0551. The molecule has 0 amide bonds. The number of anilines is 1. The maximum Gasteiger partial charge on any atom is 0.196 e. The molecule has 1 aliphatic carbocycles. The Morgan fingerprint density at radius 1 is 1.50 bits per heavy atom. The maximum absolute atomic E-state index is 10.5. The Kier molecular flexibility index (Phi) is 3.01. The Hall–Kier alpha value is -1.29. The van der Waals surface area contributed by atoms with Crippen LogP contribution in [0, 0.1) is 0 Å². The van der Waals surface area contributed by atoms with E-state index < -0.39 is 5.60 Å². The summed E-state index contributed by atoms with van der Waals surface area (Å²) < 4.78 is 5.30. The van der Waals surface area contributed by atoms with Gasteiger partial charge in [-0.1, -0.05) is 12.8 Å². The van der Waals surface area contributed by atoms with Crippen LogP contribution < -0.4 is 4.90 Å². The van der Waals surface area contributed by atoms with Gasteiger partial charge in [-0.2, -0.15) is 0 Å². The number of aliphatic hydroxyl groups is 1. The van der Waals surface area contributed by atoms with E-state index in [4.69, 9.17) is 4.42 Å². The molecule has 4 heteroatoms. The molecule has 0 saturated heterocycles. The van der Waals surface area contributed by atoms with Crippen molar-refractivity contribution in [2.24, 2.45) is 0 Å². The Morgan fingerprint density at radius 2 is 2.19 bits per heavy atom. The van der Waals surface area contributed by atoms with Crippen LogP contribution in [0.15, 0.2) is 16.5 Å². The molecular formula is C12H17NO3. The summed E-state index contributed by atoms with van der Waals surface area (Å²) in [5.74, 6) is 0.947. The second kappa shape index (κ2) is 4.29. The summed E-state index contributed by atoms with van der Waals surface area (Å²) in [7, 11) is 1.86. The van der Waals surface area contributed by atoms with E-state index in [0.29, 0.717) is 24.5 Å². The molecule has 1 fully saturated rings. The Morgan fingerprint density at radius 3 is 2.75 bits per heavy atom. The molecule has 0 spiro atoms. The largest absolute Gasteiger partial charge is 0.438 e. The fourth-order valence-electron chi connectivity index (χ4n) is 2.32. The van der Waals surface area contributed by atoms with Gasteiger partial charge in [0.1, 0.15) is 0 Å². The standard InChI is InChI=1S/C12H17NO3/c1-13(9-12(15)6-2-3-7-12)11-5-4-10(8-14)16-11/h4-5,8,15H,2-3,6-7,9H2,1H3. The van der Waals surface area contributed by atoms with Crippen LogP contribution in [0.1, 0.15) is 36.2 Å². The van der Waals surface area contributed by atoms with E-state index in [2.05, 4.69) is 0 Å². The zero-order valence-corrected chi connectivity index (χ0v) is 9.48. The molecule has 0 atom stereocenters. The van der Waals surface area contributed by atoms with E-state index in [1.807, 2.05) is 11.9 Å². The van der Waals surface area contributed by atoms with Crippen LogP contribution in [0.2, 0.25) is 0 Å². The van der Waals surface area contributed by atoms with Crippen LogP contribution in [0.25, 0.3) is 0 Å². The number of likely N-dealkylation sites (N-methyl/N-ethyl adjacent to an activating group) is 1. The Balaban J connectivity index is 2.01. The highest BCUT2D eigenvalue weighted by atomic mass is 16.4. The van der Waals surface area contributed by atoms with Gasteiger partial charge in [-0.25, -0.2) is 0 Å². The van der Waals surface area contributed by atoms with Crippen LogP contribution >= 0.6 is 0 Å². The first kappa shape index (κ1) is 11.2. The van der Waals surface area contributed by atoms with Crippen molar-refractivity contribution in [3.05, 3.63) is 17.9 Å². The fourth-order valence-corrected chi connectivity index (χ4v) is 2.32. The molecule has 1 aliphatic rings. The minimum atomic E-state index is -0.594. The van der Waals surface area contributed by atoms with Gasteiger partial charge in [0.25, 0.3) is 0 Å². The summed E-state index contributed by atoms with van der Waals surface area (Å²) in [6.45, 7) is 0.554. The highest BCUT2D eigenvalue weighted by Gasteiger charge is 2.32. The van der Waals surface area contributed by atoms with Gasteiger partial charge in [0.2, 0.25) is 0 Å². The topological polar surface area (TPSA) is 53.7 Å². The van der Waals surface area contributed by atoms with Gasteiger partial charge in [-0.15, -0.1) is 0 Å². The molecule has 0 aromatic carbocycles. The molecule has 0 bridgehead atoms. The van der Waals surface area contributed by atoms with Crippen LogP contribution in [0.5, 0.6) is 0 Å². The van der Waals surface area contributed by atoms with Gasteiger partial charge >= 0.3 is 0 Å². The molecule has 1 heterocycles. The summed E-state index contributed by atoms with van der Waals surface area (Å²) in [5, 5.41) is 10.2. The third kappa shape index (κ3) is 2.27. The number of furan rings is 1. The molecular weight excluding hydrogens is 206 g/mol. The molecule has 1 aromatic heterocycles. The average Bonchev–Trinajstić information content (AvgIpc) is 2.86. The van der Waals surface area contributed by atoms with Gasteiger partial charge in [0.15, 0.2) is 17.9 Å². The summed E-state index contributed by atoms with van der Waals surface area (Å²) in [6, 6.07) is 3.39. The lowest BCUT2D eigenvalue weighted by Gasteiger charge is -2.28. The zero-order valence-electron chi connectivity index (χ0n) is 9.48. The third-order valence-corrected chi connectivity index (χ3v) is 3.17. The second-order valence-electron chi connectivity index (χ2n) is 4.58. The quantitative estimate of drug-likeness (QED) is 0.791. The number of carbonyl (C=O) groups is 1. The molecule has 4 nitrogen and oxygen atoms in total. The molecule has 88 valence electrons. The van der Waals surface area contributed by atoms with E-state index in [-0.39, 0.29) is 0 Å².